The van der Waals surface area contributed by atoms with E-state index in [1.807, 2.05) is 32.9 Å². The van der Waals surface area contributed by atoms with Crippen LogP contribution >= 0.6 is 12.4 Å². The van der Waals surface area contributed by atoms with E-state index in [2.05, 4.69) is 5.32 Å². The van der Waals surface area contributed by atoms with Gasteiger partial charge in [0.05, 0.1) is 24.5 Å². The van der Waals surface area contributed by atoms with E-state index in [1.54, 1.807) is 43.1 Å². The average molecular weight is 602 g/mol. The van der Waals surface area contributed by atoms with Crippen LogP contribution in [-0.4, -0.2) is 43.9 Å². The largest absolute Gasteiger partial charge is 0.496 e. The molecule has 2 atom stereocenters. The van der Waals surface area contributed by atoms with Crippen LogP contribution in [0.15, 0.2) is 48.5 Å². The van der Waals surface area contributed by atoms with Gasteiger partial charge in [-0.05, 0) is 63.1 Å². The lowest BCUT2D eigenvalue weighted by molar-refractivity contribution is -0.163. The zero-order valence-electron chi connectivity index (χ0n) is 24.7. The molecule has 1 heterocycles. The predicted molar refractivity (Wildman–Crippen MR) is 162 cm³/mol. The van der Waals surface area contributed by atoms with Crippen molar-refractivity contribution in [3.05, 3.63) is 65.5 Å². The molecule has 0 fully saturated rings. The number of nitrogens with one attached hydrogen (secondary N) is 1. The molecule has 42 heavy (non-hydrogen) atoms. The normalized spacial score (nSPS) is 15.0. The summed E-state index contributed by atoms with van der Waals surface area (Å²) in [5.41, 5.74) is 9.46. The van der Waals surface area contributed by atoms with Gasteiger partial charge < -0.3 is 34.9 Å². The molecule has 2 unspecified atom stereocenters. The number of amides is 1. The fraction of sp³-hybridized carbons (Fsp3) is 0.355. The minimum absolute atomic E-state index is 0. The van der Waals surface area contributed by atoms with Gasteiger partial charge in [-0.2, -0.15) is 0 Å². The molecule has 0 bridgehead atoms. The van der Waals surface area contributed by atoms with Crippen molar-refractivity contribution >= 4 is 35.7 Å². The second-order valence-electron chi connectivity index (χ2n) is 10.6. The minimum Gasteiger partial charge on any atom is -0.496 e. The van der Waals surface area contributed by atoms with Gasteiger partial charge in [0.15, 0.2) is 0 Å². The first-order valence-electron chi connectivity index (χ1n) is 13.2. The standard InChI is InChI=1S/C31H36FN3O6.ClH/c1-17-8-9-20(32)14-26(17)39-16-24-22(12-13-25-28(24)35(6)30(37)31(4,5)34-25)23-11-10-21(15-27(23)38-7)41-29(18(2)33)40-19(3)36;/h8-15,18,29,34H,16,33H2,1-7H3;1H. The number of hydrogen-bond donors (Lipinski definition) is 2. The van der Waals surface area contributed by atoms with Crippen molar-refractivity contribution in [2.24, 2.45) is 5.73 Å². The number of esters is 1. The summed E-state index contributed by atoms with van der Waals surface area (Å²) in [6.07, 6.45) is -0.987. The van der Waals surface area contributed by atoms with Crippen LogP contribution in [0.4, 0.5) is 15.8 Å². The van der Waals surface area contributed by atoms with Crippen LogP contribution < -0.4 is 30.2 Å². The number of benzene rings is 3. The Kier molecular flexibility index (Phi) is 9.96. The highest BCUT2D eigenvalue weighted by atomic mass is 35.5. The van der Waals surface area contributed by atoms with Gasteiger partial charge in [-0.1, -0.05) is 12.1 Å². The number of hydrogen-bond acceptors (Lipinski definition) is 8. The lowest BCUT2D eigenvalue weighted by Crippen LogP contribution is -2.52. The highest BCUT2D eigenvalue weighted by Gasteiger charge is 2.39. The zero-order chi connectivity index (χ0) is 30.1. The highest BCUT2D eigenvalue weighted by molar-refractivity contribution is 6.08. The maximum absolute atomic E-state index is 14.0. The highest BCUT2D eigenvalue weighted by Crippen LogP contribution is 2.45. The summed E-state index contributed by atoms with van der Waals surface area (Å²) < 4.78 is 37.0. The third kappa shape index (κ3) is 6.71. The summed E-state index contributed by atoms with van der Waals surface area (Å²) in [5, 5.41) is 3.33. The van der Waals surface area contributed by atoms with Crippen LogP contribution in [-0.2, 0) is 20.9 Å². The Morgan fingerprint density at radius 3 is 2.43 bits per heavy atom. The van der Waals surface area contributed by atoms with Crippen molar-refractivity contribution in [3.63, 3.8) is 0 Å². The number of fused-ring (bicyclic) bond motifs is 1. The van der Waals surface area contributed by atoms with Crippen LogP contribution in [0.1, 0.15) is 38.8 Å². The molecule has 1 aliphatic heterocycles. The summed E-state index contributed by atoms with van der Waals surface area (Å²) in [6.45, 7) is 8.48. The van der Waals surface area contributed by atoms with Crippen molar-refractivity contribution in [3.8, 4) is 28.4 Å². The van der Waals surface area contributed by atoms with E-state index in [0.29, 0.717) is 34.1 Å². The number of ether oxygens (including phenoxy) is 4. The molecule has 9 nitrogen and oxygen atoms in total. The maximum Gasteiger partial charge on any atom is 0.305 e. The molecule has 4 rings (SSSR count). The fourth-order valence-corrected chi connectivity index (χ4v) is 4.81. The first-order chi connectivity index (χ1) is 19.3. The number of carbonyl (C=O) groups is 2. The van der Waals surface area contributed by atoms with Gasteiger partial charge in [0, 0.05) is 37.2 Å². The summed E-state index contributed by atoms with van der Waals surface area (Å²) >= 11 is 0. The molecule has 3 N–H and O–H groups in total. The van der Waals surface area contributed by atoms with Crippen LogP contribution in [0.25, 0.3) is 11.1 Å². The Morgan fingerprint density at radius 2 is 1.79 bits per heavy atom. The van der Waals surface area contributed by atoms with E-state index in [-0.39, 0.29) is 24.9 Å². The van der Waals surface area contributed by atoms with Crippen molar-refractivity contribution in [2.75, 3.05) is 24.4 Å². The number of rotatable bonds is 9. The Morgan fingerprint density at radius 1 is 1.10 bits per heavy atom. The SMILES string of the molecule is COc1cc(OC(OC(C)=O)C(C)N)ccc1-c1ccc2c(c1COc1cc(F)ccc1C)N(C)C(=O)C(C)(C)N2.Cl. The van der Waals surface area contributed by atoms with Crippen LogP contribution in [0, 0.1) is 12.7 Å². The number of nitrogens with two attached hydrogens (primary N) is 1. The molecule has 0 saturated heterocycles. The molecule has 1 aliphatic rings. The lowest BCUT2D eigenvalue weighted by atomic mass is 9.91. The van der Waals surface area contributed by atoms with Crippen LogP contribution in [0.2, 0.25) is 0 Å². The van der Waals surface area contributed by atoms with Gasteiger partial charge in [-0.15, -0.1) is 12.4 Å². The Bertz CT molecular complexity index is 1480. The number of halogens is 2. The fourth-order valence-electron chi connectivity index (χ4n) is 4.81. The van der Waals surface area contributed by atoms with E-state index >= 15 is 0 Å². The van der Waals surface area contributed by atoms with E-state index in [9.17, 15) is 14.0 Å². The number of aryl methyl sites for hydroxylation is 1. The molecule has 3 aromatic carbocycles. The lowest BCUT2D eigenvalue weighted by Gasteiger charge is -2.39. The Balaban J connectivity index is 0.00000484. The molecule has 3 aromatic rings. The molecular formula is C31H37ClFN3O6. The summed E-state index contributed by atoms with van der Waals surface area (Å²) in [4.78, 5) is 26.4. The third-order valence-electron chi connectivity index (χ3n) is 6.85. The predicted octanol–water partition coefficient (Wildman–Crippen LogP) is 5.59. The maximum atomic E-state index is 14.0. The summed E-state index contributed by atoms with van der Waals surface area (Å²) in [5.74, 6) is 0.209. The second kappa shape index (κ2) is 12.9. The second-order valence-corrected chi connectivity index (χ2v) is 10.6. The van der Waals surface area contributed by atoms with E-state index in [4.69, 9.17) is 24.7 Å². The number of likely N-dealkylation sites (N-methyl/N-ethyl adjacent to an activating group) is 1. The van der Waals surface area contributed by atoms with Crippen LogP contribution in [0.5, 0.6) is 17.2 Å². The number of methoxy groups -OCH3 is 1. The molecule has 0 spiro atoms. The molecule has 0 saturated carbocycles. The summed E-state index contributed by atoms with van der Waals surface area (Å²) in [6, 6.07) is 12.8. The Labute approximate surface area is 251 Å². The van der Waals surface area contributed by atoms with Crippen molar-refractivity contribution in [1.29, 1.82) is 0 Å². The summed E-state index contributed by atoms with van der Waals surface area (Å²) in [7, 11) is 3.25. The van der Waals surface area contributed by atoms with Crippen LogP contribution in [0.3, 0.4) is 0 Å². The van der Waals surface area contributed by atoms with Crippen molar-refractivity contribution in [2.45, 2.75) is 59.1 Å². The van der Waals surface area contributed by atoms with Crippen molar-refractivity contribution in [1.82, 2.24) is 0 Å². The zero-order valence-corrected chi connectivity index (χ0v) is 25.6. The van der Waals surface area contributed by atoms with E-state index < -0.39 is 29.7 Å². The topological polar surface area (TPSA) is 112 Å². The number of anilines is 2. The number of nitrogens with zero attached hydrogens (tertiary/aromatic N) is 1. The molecule has 0 aromatic heterocycles. The average Bonchev–Trinajstić information content (AvgIpc) is 2.91. The Hall–Kier alpha value is -4.02. The number of carbonyl (C=O) groups excluding carboxylic acids is 2. The van der Waals surface area contributed by atoms with Gasteiger partial charge in [0.1, 0.15) is 35.2 Å². The molecule has 1 amide bonds. The first kappa shape index (κ1) is 32.5. The van der Waals surface area contributed by atoms with E-state index in [1.165, 1.54) is 26.2 Å². The van der Waals surface area contributed by atoms with Gasteiger partial charge >= 0.3 is 5.97 Å². The minimum atomic E-state index is -0.987. The monoisotopic (exact) mass is 601 g/mol. The van der Waals surface area contributed by atoms with Gasteiger partial charge in [0.2, 0.25) is 0 Å². The quantitative estimate of drug-likeness (QED) is 0.241. The molecule has 11 heteroatoms. The smallest absolute Gasteiger partial charge is 0.305 e. The molecule has 0 aliphatic carbocycles. The molecule has 0 radical (unpaired) electrons. The third-order valence-corrected chi connectivity index (χ3v) is 6.85. The van der Waals surface area contributed by atoms with Gasteiger partial charge in [-0.3, -0.25) is 9.59 Å². The molecule has 226 valence electrons. The van der Waals surface area contributed by atoms with Gasteiger partial charge in [-0.25, -0.2) is 4.39 Å². The van der Waals surface area contributed by atoms with Gasteiger partial charge in [0.25, 0.3) is 12.2 Å². The van der Waals surface area contributed by atoms with Crippen molar-refractivity contribution < 1.29 is 32.9 Å². The molecular weight excluding hydrogens is 565 g/mol. The van der Waals surface area contributed by atoms with E-state index in [0.717, 1.165) is 16.8 Å². The first-order valence-corrected chi connectivity index (χ1v) is 13.2.